The topological polar surface area (TPSA) is 74.0 Å². The molecule has 1 aliphatic rings. The van der Waals surface area contributed by atoms with Gasteiger partial charge in [0, 0.05) is 25.5 Å². The summed E-state index contributed by atoms with van der Waals surface area (Å²) >= 11 is 0. The lowest BCUT2D eigenvalue weighted by Gasteiger charge is -2.10. The molecule has 0 aromatic carbocycles. The average molecular weight is 181 g/mol. The molecule has 2 heterocycles. The van der Waals surface area contributed by atoms with Gasteiger partial charge in [0.1, 0.15) is 0 Å². The van der Waals surface area contributed by atoms with Crippen LogP contribution < -0.4 is 10.6 Å². The zero-order chi connectivity index (χ0) is 9.52. The molecule has 1 aromatic heterocycles. The summed E-state index contributed by atoms with van der Waals surface area (Å²) in [5.41, 5.74) is 0. The van der Waals surface area contributed by atoms with Gasteiger partial charge in [-0.1, -0.05) is 0 Å². The standard InChI is InChI=1S/C4H6N2O2.C4H5N/c7-3-4(8)6-2-1-5-3;1-2-4-5-3-1/h1-2H2,(H,5,7)(H,6,8);1-5H. The molecule has 1 fully saturated rings. The van der Waals surface area contributed by atoms with Gasteiger partial charge in [0.05, 0.1) is 0 Å². The van der Waals surface area contributed by atoms with Gasteiger partial charge in [0.25, 0.3) is 0 Å². The van der Waals surface area contributed by atoms with E-state index in [-0.39, 0.29) is 0 Å². The van der Waals surface area contributed by atoms with Crippen molar-refractivity contribution in [3.63, 3.8) is 0 Å². The number of amides is 2. The quantitative estimate of drug-likeness (QED) is 0.460. The van der Waals surface area contributed by atoms with Crippen molar-refractivity contribution in [3.05, 3.63) is 24.5 Å². The Labute approximate surface area is 75.5 Å². The summed E-state index contributed by atoms with van der Waals surface area (Å²) in [5.74, 6) is -1.06. The first-order chi connectivity index (χ1) is 6.30. The molecule has 13 heavy (non-hydrogen) atoms. The molecule has 5 nitrogen and oxygen atoms in total. The minimum Gasteiger partial charge on any atom is -0.368 e. The zero-order valence-electron chi connectivity index (χ0n) is 7.04. The van der Waals surface area contributed by atoms with Crippen LogP contribution in [0.2, 0.25) is 0 Å². The molecule has 5 heteroatoms. The number of piperazine rings is 1. The van der Waals surface area contributed by atoms with Crippen molar-refractivity contribution in [2.75, 3.05) is 13.1 Å². The minimum absolute atomic E-state index is 0.531. The van der Waals surface area contributed by atoms with Gasteiger partial charge in [-0.25, -0.2) is 0 Å². The Morgan fingerprint density at radius 2 is 1.38 bits per heavy atom. The highest BCUT2D eigenvalue weighted by Gasteiger charge is 2.15. The van der Waals surface area contributed by atoms with Crippen LogP contribution in [0.4, 0.5) is 0 Å². The summed E-state index contributed by atoms with van der Waals surface area (Å²) in [5, 5.41) is 4.76. The number of aromatic amines is 1. The van der Waals surface area contributed by atoms with Crippen molar-refractivity contribution in [2.45, 2.75) is 0 Å². The zero-order valence-corrected chi connectivity index (χ0v) is 7.04. The van der Waals surface area contributed by atoms with Crippen LogP contribution in [-0.4, -0.2) is 29.9 Å². The first kappa shape index (κ1) is 9.31. The second-order valence-corrected chi connectivity index (χ2v) is 2.40. The van der Waals surface area contributed by atoms with Crippen LogP contribution in [0.5, 0.6) is 0 Å². The van der Waals surface area contributed by atoms with Crippen molar-refractivity contribution in [3.8, 4) is 0 Å². The van der Waals surface area contributed by atoms with Gasteiger partial charge in [0.2, 0.25) is 0 Å². The third kappa shape index (κ3) is 3.42. The van der Waals surface area contributed by atoms with Crippen LogP contribution in [0.3, 0.4) is 0 Å². The van der Waals surface area contributed by atoms with Crippen molar-refractivity contribution in [1.29, 1.82) is 0 Å². The third-order valence-electron chi connectivity index (χ3n) is 1.40. The number of rotatable bonds is 0. The van der Waals surface area contributed by atoms with Gasteiger partial charge in [-0.05, 0) is 12.1 Å². The molecule has 2 amide bonds. The second kappa shape index (κ2) is 4.97. The maximum absolute atomic E-state index is 10.3. The smallest absolute Gasteiger partial charge is 0.309 e. The maximum Gasteiger partial charge on any atom is 0.309 e. The summed E-state index contributed by atoms with van der Waals surface area (Å²) in [6.07, 6.45) is 3.75. The Bertz CT molecular complexity index is 236. The van der Waals surface area contributed by atoms with Crippen LogP contribution in [-0.2, 0) is 9.59 Å². The van der Waals surface area contributed by atoms with Crippen molar-refractivity contribution in [1.82, 2.24) is 15.6 Å². The predicted octanol–water partition coefficient (Wildman–Crippen LogP) is -0.753. The summed E-state index contributed by atoms with van der Waals surface area (Å²) in [4.78, 5) is 23.4. The van der Waals surface area contributed by atoms with Gasteiger partial charge < -0.3 is 15.6 Å². The first-order valence-corrected chi connectivity index (χ1v) is 3.94. The molecule has 2 rings (SSSR count). The molecule has 0 spiro atoms. The van der Waals surface area contributed by atoms with E-state index in [1.165, 1.54) is 0 Å². The lowest BCUT2D eigenvalue weighted by atomic mass is 10.4. The number of aromatic nitrogens is 1. The van der Waals surface area contributed by atoms with Crippen molar-refractivity contribution >= 4 is 11.8 Å². The van der Waals surface area contributed by atoms with E-state index in [0.717, 1.165) is 0 Å². The number of carbonyl (C=O) groups excluding carboxylic acids is 2. The van der Waals surface area contributed by atoms with Gasteiger partial charge in [-0.15, -0.1) is 0 Å². The fraction of sp³-hybridized carbons (Fsp3) is 0.250. The molecule has 0 atom stereocenters. The van der Waals surface area contributed by atoms with Crippen molar-refractivity contribution in [2.24, 2.45) is 0 Å². The van der Waals surface area contributed by atoms with Crippen LogP contribution in [0.15, 0.2) is 24.5 Å². The summed E-state index contributed by atoms with van der Waals surface area (Å²) in [6.45, 7) is 1.09. The minimum atomic E-state index is -0.531. The van der Waals surface area contributed by atoms with E-state index in [4.69, 9.17) is 0 Å². The maximum atomic E-state index is 10.3. The van der Waals surface area contributed by atoms with Gasteiger partial charge in [0.15, 0.2) is 0 Å². The number of nitrogens with one attached hydrogen (secondary N) is 3. The van der Waals surface area contributed by atoms with Gasteiger partial charge in [-0.2, -0.15) is 0 Å². The third-order valence-corrected chi connectivity index (χ3v) is 1.40. The Morgan fingerprint density at radius 1 is 0.923 bits per heavy atom. The molecule has 0 unspecified atom stereocenters. The second-order valence-electron chi connectivity index (χ2n) is 2.40. The monoisotopic (exact) mass is 181 g/mol. The van der Waals surface area contributed by atoms with Crippen LogP contribution in [0.25, 0.3) is 0 Å². The molecule has 3 N–H and O–H groups in total. The predicted molar refractivity (Wildman–Crippen MR) is 46.8 cm³/mol. The summed E-state index contributed by atoms with van der Waals surface area (Å²) < 4.78 is 0. The van der Waals surface area contributed by atoms with Crippen LogP contribution in [0, 0.1) is 0 Å². The highest BCUT2D eigenvalue weighted by atomic mass is 16.2. The number of carbonyl (C=O) groups is 2. The molecule has 0 aliphatic carbocycles. The average Bonchev–Trinajstić information content (AvgIpc) is 2.68. The summed E-state index contributed by atoms with van der Waals surface area (Å²) in [7, 11) is 0. The Kier molecular flexibility index (Phi) is 3.56. The largest absolute Gasteiger partial charge is 0.368 e. The van der Waals surface area contributed by atoms with Gasteiger partial charge >= 0.3 is 11.8 Å². The Morgan fingerprint density at radius 3 is 1.62 bits per heavy atom. The molecule has 0 radical (unpaired) electrons. The van der Waals surface area contributed by atoms with E-state index in [9.17, 15) is 9.59 Å². The van der Waals surface area contributed by atoms with E-state index >= 15 is 0 Å². The SMILES string of the molecule is O=C1NCCNC1=O.c1cc[nH]c1. The Balaban J connectivity index is 0.000000145. The molecule has 0 bridgehead atoms. The number of hydrogen-bond donors (Lipinski definition) is 3. The van der Waals surface area contributed by atoms with E-state index in [1.54, 1.807) is 0 Å². The van der Waals surface area contributed by atoms with Crippen molar-refractivity contribution < 1.29 is 9.59 Å². The normalized spacial score (nSPS) is 15.1. The van der Waals surface area contributed by atoms with E-state index in [2.05, 4.69) is 15.6 Å². The highest BCUT2D eigenvalue weighted by molar-refractivity contribution is 6.35. The summed E-state index contributed by atoms with van der Waals surface area (Å²) in [6, 6.07) is 3.89. The molecule has 1 aliphatic heterocycles. The lowest BCUT2D eigenvalue weighted by Crippen LogP contribution is -2.49. The van der Waals surface area contributed by atoms with E-state index < -0.39 is 11.8 Å². The van der Waals surface area contributed by atoms with E-state index in [1.807, 2.05) is 24.5 Å². The first-order valence-electron chi connectivity index (χ1n) is 3.94. The van der Waals surface area contributed by atoms with Gasteiger partial charge in [-0.3, -0.25) is 9.59 Å². The van der Waals surface area contributed by atoms with E-state index in [0.29, 0.717) is 13.1 Å². The fourth-order valence-corrected chi connectivity index (χ4v) is 0.790. The number of hydrogen-bond acceptors (Lipinski definition) is 2. The molecule has 0 saturated carbocycles. The highest BCUT2D eigenvalue weighted by Crippen LogP contribution is 1.73. The van der Waals surface area contributed by atoms with Crippen LogP contribution in [0.1, 0.15) is 0 Å². The Hall–Kier alpha value is -1.78. The molecule has 1 aromatic rings. The lowest BCUT2D eigenvalue weighted by molar-refractivity contribution is -0.140. The number of H-pyrrole nitrogens is 1. The van der Waals surface area contributed by atoms with Crippen LogP contribution >= 0.6 is 0 Å². The fourth-order valence-electron chi connectivity index (χ4n) is 0.790. The molecular weight excluding hydrogens is 170 g/mol. The molecule has 1 saturated heterocycles. The molecular formula is C8H11N3O2. The molecule has 70 valence electrons.